The van der Waals surface area contributed by atoms with Crippen molar-refractivity contribution in [1.82, 2.24) is 18.6 Å². The molecule has 0 bridgehead atoms. The van der Waals surface area contributed by atoms with Crippen molar-refractivity contribution < 1.29 is 32.4 Å². The number of nitriles is 1. The van der Waals surface area contributed by atoms with Crippen LogP contribution in [-0.2, 0) is 19.4 Å². The predicted octanol–water partition coefficient (Wildman–Crippen LogP) is 4.35. The number of carbonyl (C=O) groups excluding carboxylic acids is 5. The first-order valence-corrected chi connectivity index (χ1v) is 17.1. The Kier molecular flexibility index (Phi) is 11.8. The van der Waals surface area contributed by atoms with Crippen molar-refractivity contribution in [2.24, 2.45) is 0 Å². The number of alkyl halides is 1. The van der Waals surface area contributed by atoms with Crippen LogP contribution >= 0.6 is 11.6 Å². The van der Waals surface area contributed by atoms with Crippen molar-refractivity contribution in [3.63, 3.8) is 0 Å². The zero-order valence-corrected chi connectivity index (χ0v) is 28.8. The van der Waals surface area contributed by atoms with Crippen LogP contribution in [-0.4, -0.2) is 96.1 Å². The highest BCUT2D eigenvalue weighted by Crippen LogP contribution is 2.20. The van der Waals surface area contributed by atoms with Crippen LogP contribution < -0.4 is 15.1 Å². The van der Waals surface area contributed by atoms with Gasteiger partial charge in [0, 0.05) is 70.7 Å². The van der Waals surface area contributed by atoms with Gasteiger partial charge in [0.2, 0.25) is 5.78 Å². The summed E-state index contributed by atoms with van der Waals surface area (Å²) < 4.78 is 28.0. The van der Waals surface area contributed by atoms with Crippen molar-refractivity contribution in [2.75, 3.05) is 54.4 Å². The average Bonchev–Trinajstić information content (AvgIpc) is 3.90. The number of carbonyl (C=O) groups is 5. The summed E-state index contributed by atoms with van der Waals surface area (Å²) >= 11 is 5.54. The lowest BCUT2D eigenvalue weighted by Crippen LogP contribution is -2.32. The van der Waals surface area contributed by atoms with E-state index in [0.29, 0.717) is 16.9 Å². The highest BCUT2D eigenvalue weighted by Gasteiger charge is 2.21. The summed E-state index contributed by atoms with van der Waals surface area (Å²) in [5, 5.41) is 11.2. The lowest BCUT2D eigenvalue weighted by atomic mass is 10.2. The average molecular weight is 721 g/mol. The van der Waals surface area contributed by atoms with Crippen molar-refractivity contribution in [3.8, 4) is 6.07 Å². The van der Waals surface area contributed by atoms with Crippen molar-refractivity contribution in [1.29, 1.82) is 5.26 Å². The molecule has 0 aliphatic carbocycles. The van der Waals surface area contributed by atoms with Crippen LogP contribution in [0.2, 0.25) is 0 Å². The maximum Gasteiger partial charge on any atom is 0.332 e. The van der Waals surface area contributed by atoms with E-state index >= 15 is 0 Å². The lowest BCUT2D eigenvalue weighted by Gasteiger charge is -2.18. The molecule has 260 valence electrons. The second-order valence-electron chi connectivity index (χ2n) is 10.9. The fourth-order valence-corrected chi connectivity index (χ4v) is 6.12. The quantitative estimate of drug-likeness (QED) is 0.135. The molecule has 15 nitrogen and oxygen atoms in total. The van der Waals surface area contributed by atoms with E-state index in [1.165, 1.54) is 116 Å². The molecule has 0 saturated carbocycles. The second-order valence-corrected chi connectivity index (χ2v) is 13.4. The number of anilines is 3. The van der Waals surface area contributed by atoms with E-state index in [0.717, 1.165) is 6.08 Å². The normalized spacial score (nSPS) is 11.2. The number of nitrogens with zero attached hydrogens (tertiary/aromatic N) is 7. The molecule has 17 heteroatoms. The number of hydrogen-bond donors (Lipinski definition) is 1. The Morgan fingerprint density at radius 1 is 0.820 bits per heavy atom. The summed E-state index contributed by atoms with van der Waals surface area (Å²) in [5.41, 5.74) is 1.51. The Morgan fingerprint density at radius 2 is 1.36 bits per heavy atom. The van der Waals surface area contributed by atoms with Crippen LogP contribution in [0.4, 0.5) is 31.4 Å². The molecular formula is C33H33ClN8O7S. The molecule has 3 aromatic heterocycles. The fraction of sp³-hybridized carbons (Fsp3) is 0.212. The van der Waals surface area contributed by atoms with Gasteiger partial charge in [-0.05, 0) is 42.0 Å². The molecule has 4 aromatic rings. The molecule has 0 atom stereocenters. The molecule has 0 radical (unpaired) electrons. The minimum atomic E-state index is -3.50. The van der Waals surface area contributed by atoms with Gasteiger partial charge in [0.25, 0.3) is 5.91 Å². The summed E-state index contributed by atoms with van der Waals surface area (Å²) in [6.07, 6.45) is 11.3. The summed E-state index contributed by atoms with van der Waals surface area (Å²) in [4.78, 5) is 67.9. The molecule has 0 aliphatic heterocycles. The number of benzene rings is 1. The second kappa shape index (κ2) is 16.0. The van der Waals surface area contributed by atoms with Gasteiger partial charge in [0.1, 0.15) is 0 Å². The SMILES string of the molecule is CN(CCC#N)C(=O)n1ccc(N(C)C(=O)n2ccc(N(C)C(=O)n3ccc(NC(=O)C(=O)/C=C/c4ccc(S(=O)(=O)CCCl)cc4)c3)c2)c1. The molecule has 1 N–H and O–H groups in total. The number of nitrogens with one attached hydrogen (secondary N) is 1. The van der Waals surface area contributed by atoms with Crippen LogP contribution in [0.1, 0.15) is 12.0 Å². The van der Waals surface area contributed by atoms with Crippen LogP contribution in [0.5, 0.6) is 0 Å². The molecule has 0 spiro atoms. The number of aromatic nitrogens is 3. The first-order chi connectivity index (χ1) is 23.7. The van der Waals surface area contributed by atoms with Gasteiger partial charge in [-0.1, -0.05) is 18.2 Å². The van der Waals surface area contributed by atoms with Gasteiger partial charge in [-0.3, -0.25) is 33.1 Å². The van der Waals surface area contributed by atoms with E-state index in [9.17, 15) is 32.4 Å². The number of sulfone groups is 1. The topological polar surface area (TPSA) is 180 Å². The molecular weight excluding hydrogens is 688 g/mol. The molecule has 0 unspecified atom stereocenters. The Hall–Kier alpha value is -5.92. The molecule has 0 saturated heterocycles. The molecule has 3 heterocycles. The molecule has 4 amide bonds. The number of rotatable bonds is 11. The monoisotopic (exact) mass is 720 g/mol. The standard InChI is InChI=1S/C33H33ClN8O7S/c1-37(16-4-15-35)31(45)41-18-12-26(22-41)39(3)33(47)42-19-13-27(23-42)38(2)32(46)40-17-11-25(21-40)36-30(44)29(43)10-7-24-5-8-28(9-6-24)50(48,49)20-14-34/h5-13,17-19,21-23H,4,14,16,20H2,1-3H3,(H,36,44)/b10-7+. The minimum Gasteiger partial charge on any atom is -0.326 e. The van der Waals surface area contributed by atoms with Crippen LogP contribution in [0.3, 0.4) is 0 Å². The summed E-state index contributed by atoms with van der Waals surface area (Å²) in [5.74, 6) is -2.06. The van der Waals surface area contributed by atoms with E-state index < -0.39 is 33.6 Å². The fourth-order valence-electron chi connectivity index (χ4n) is 4.52. The third kappa shape index (κ3) is 8.75. The smallest absolute Gasteiger partial charge is 0.326 e. The first kappa shape index (κ1) is 36.9. The molecule has 0 aliphatic rings. The highest BCUT2D eigenvalue weighted by molar-refractivity contribution is 7.91. The first-order valence-electron chi connectivity index (χ1n) is 14.9. The Balaban J connectivity index is 1.34. The zero-order valence-electron chi connectivity index (χ0n) is 27.3. The van der Waals surface area contributed by atoms with Crippen molar-refractivity contribution >= 4 is 74.4 Å². The van der Waals surface area contributed by atoms with Gasteiger partial charge in [-0.15, -0.1) is 11.6 Å². The van der Waals surface area contributed by atoms with Gasteiger partial charge in [0.15, 0.2) is 9.84 Å². The van der Waals surface area contributed by atoms with Gasteiger partial charge in [0.05, 0.1) is 40.2 Å². The third-order valence-electron chi connectivity index (χ3n) is 7.44. The Bertz CT molecular complexity index is 2090. The molecule has 4 rings (SSSR count). The maximum absolute atomic E-state index is 13.2. The number of hydrogen-bond acceptors (Lipinski definition) is 8. The van der Waals surface area contributed by atoms with E-state index in [-0.39, 0.29) is 41.2 Å². The third-order valence-corrected chi connectivity index (χ3v) is 9.58. The van der Waals surface area contributed by atoms with Crippen LogP contribution in [0, 0.1) is 11.3 Å². The van der Waals surface area contributed by atoms with Crippen LogP contribution in [0.15, 0.2) is 90.6 Å². The Morgan fingerprint density at radius 3 is 1.92 bits per heavy atom. The van der Waals surface area contributed by atoms with Gasteiger partial charge in [-0.2, -0.15) is 5.26 Å². The van der Waals surface area contributed by atoms with E-state index in [2.05, 4.69) is 5.32 Å². The zero-order chi connectivity index (χ0) is 36.6. The van der Waals surface area contributed by atoms with Gasteiger partial charge < -0.3 is 10.2 Å². The van der Waals surface area contributed by atoms with Crippen molar-refractivity contribution in [3.05, 3.63) is 91.3 Å². The maximum atomic E-state index is 13.2. The summed E-state index contributed by atoms with van der Waals surface area (Å²) in [6.45, 7) is 0.262. The number of halogens is 1. The molecule has 1 aromatic carbocycles. The van der Waals surface area contributed by atoms with Crippen molar-refractivity contribution in [2.45, 2.75) is 11.3 Å². The van der Waals surface area contributed by atoms with Gasteiger partial charge in [-0.25, -0.2) is 22.8 Å². The molecule has 0 fully saturated rings. The summed E-state index contributed by atoms with van der Waals surface area (Å²) in [6, 6.07) is 11.0. The van der Waals surface area contributed by atoms with E-state index in [4.69, 9.17) is 16.9 Å². The summed E-state index contributed by atoms with van der Waals surface area (Å²) in [7, 11) is 1.11. The van der Waals surface area contributed by atoms with Gasteiger partial charge >= 0.3 is 18.1 Å². The molecule has 50 heavy (non-hydrogen) atoms. The largest absolute Gasteiger partial charge is 0.332 e. The highest BCUT2D eigenvalue weighted by atomic mass is 35.5. The number of ketones is 1. The minimum absolute atomic E-state index is 0.0362. The van der Waals surface area contributed by atoms with E-state index in [1.807, 2.05) is 6.07 Å². The number of amides is 4. The van der Waals surface area contributed by atoms with E-state index in [1.54, 1.807) is 19.2 Å². The predicted molar refractivity (Wildman–Crippen MR) is 187 cm³/mol. The Labute approximate surface area is 293 Å². The van der Waals surface area contributed by atoms with Crippen LogP contribution in [0.25, 0.3) is 6.08 Å². The lowest BCUT2D eigenvalue weighted by molar-refractivity contribution is -0.131.